The number of halogens is 2. The second-order valence-electron chi connectivity index (χ2n) is 3.96. The lowest BCUT2D eigenvalue weighted by Crippen LogP contribution is -2.17. The third-order valence-corrected chi connectivity index (χ3v) is 4.85. The van der Waals surface area contributed by atoms with Crippen LogP contribution in [0.5, 0.6) is 0 Å². The molecule has 0 saturated heterocycles. The van der Waals surface area contributed by atoms with Gasteiger partial charge in [0.25, 0.3) is 0 Å². The third kappa shape index (κ3) is 2.99. The molecule has 90 valence electrons. The van der Waals surface area contributed by atoms with Gasteiger partial charge in [0.2, 0.25) is 0 Å². The van der Waals surface area contributed by atoms with Gasteiger partial charge >= 0.3 is 0 Å². The van der Waals surface area contributed by atoms with Crippen LogP contribution in [0.25, 0.3) is 0 Å². The Morgan fingerprint density at radius 2 is 1.94 bits per heavy atom. The molecule has 1 atom stereocenters. The van der Waals surface area contributed by atoms with Crippen LogP contribution < -0.4 is 5.32 Å². The maximum Gasteiger partial charge on any atom is 0.0594 e. The zero-order valence-electron chi connectivity index (χ0n) is 9.63. The summed E-state index contributed by atoms with van der Waals surface area (Å²) in [7, 11) is 1.99. The number of benzene rings is 1. The first-order chi connectivity index (χ1) is 8.11. The Hall–Kier alpha value is -0.160. The SMILES string of the molecule is CNC(c1cc(C)cc(Br)c1)c1cscc1Br. The van der Waals surface area contributed by atoms with Crippen LogP contribution in [0, 0.1) is 6.92 Å². The van der Waals surface area contributed by atoms with Crippen LogP contribution in [0.3, 0.4) is 0 Å². The molecule has 0 aliphatic carbocycles. The Morgan fingerprint density at radius 3 is 2.47 bits per heavy atom. The normalized spacial score (nSPS) is 12.7. The fraction of sp³-hybridized carbons (Fsp3) is 0.231. The monoisotopic (exact) mass is 373 g/mol. The molecule has 2 aromatic rings. The van der Waals surface area contributed by atoms with E-state index in [0.29, 0.717) is 0 Å². The quantitative estimate of drug-likeness (QED) is 0.806. The molecule has 17 heavy (non-hydrogen) atoms. The van der Waals surface area contributed by atoms with Gasteiger partial charge in [0.1, 0.15) is 0 Å². The molecule has 0 spiro atoms. The molecule has 0 bridgehead atoms. The minimum Gasteiger partial charge on any atom is -0.309 e. The Bertz CT molecular complexity index is 502. The number of hydrogen-bond acceptors (Lipinski definition) is 2. The topological polar surface area (TPSA) is 12.0 Å². The summed E-state index contributed by atoms with van der Waals surface area (Å²) in [6.45, 7) is 2.11. The molecule has 1 unspecified atom stereocenters. The van der Waals surface area contributed by atoms with Gasteiger partial charge in [0, 0.05) is 14.3 Å². The largest absolute Gasteiger partial charge is 0.309 e. The highest BCUT2D eigenvalue weighted by atomic mass is 79.9. The van der Waals surface area contributed by atoms with Crippen LogP contribution >= 0.6 is 43.2 Å². The van der Waals surface area contributed by atoms with Gasteiger partial charge in [-0.3, -0.25) is 0 Å². The fourth-order valence-electron chi connectivity index (χ4n) is 1.93. The Kier molecular flexibility index (Phi) is 4.42. The van der Waals surface area contributed by atoms with E-state index in [1.165, 1.54) is 21.2 Å². The summed E-state index contributed by atoms with van der Waals surface area (Å²) in [4.78, 5) is 0. The van der Waals surface area contributed by atoms with Crippen LogP contribution in [-0.2, 0) is 0 Å². The maximum absolute atomic E-state index is 3.60. The first-order valence-electron chi connectivity index (χ1n) is 5.27. The molecule has 2 rings (SSSR count). The van der Waals surface area contributed by atoms with Crippen molar-refractivity contribution >= 4 is 43.2 Å². The Labute approximate surface area is 123 Å². The average molecular weight is 375 g/mol. The standard InChI is InChI=1S/C13H13Br2NS/c1-8-3-9(5-10(14)4-8)13(16-2)11-6-17-7-12(11)15/h3-7,13,16H,1-2H3. The zero-order valence-corrected chi connectivity index (χ0v) is 13.6. The van der Waals surface area contributed by atoms with Gasteiger partial charge in [-0.25, -0.2) is 0 Å². The molecular weight excluding hydrogens is 362 g/mol. The first-order valence-corrected chi connectivity index (χ1v) is 7.80. The van der Waals surface area contributed by atoms with Gasteiger partial charge in [-0.15, -0.1) is 0 Å². The lowest BCUT2D eigenvalue weighted by molar-refractivity contribution is 0.690. The maximum atomic E-state index is 3.60. The van der Waals surface area contributed by atoms with Crippen LogP contribution in [0.1, 0.15) is 22.7 Å². The van der Waals surface area contributed by atoms with E-state index in [9.17, 15) is 0 Å². The third-order valence-electron chi connectivity index (χ3n) is 2.64. The van der Waals surface area contributed by atoms with Crippen LogP contribution in [0.15, 0.2) is 37.9 Å². The molecule has 1 heterocycles. The first kappa shape index (κ1) is 13.3. The minimum atomic E-state index is 0.229. The number of thiophene rings is 1. The van der Waals surface area contributed by atoms with Crippen molar-refractivity contribution < 1.29 is 0 Å². The highest BCUT2D eigenvalue weighted by Crippen LogP contribution is 2.32. The molecule has 4 heteroatoms. The van der Waals surface area contributed by atoms with Crippen molar-refractivity contribution in [2.75, 3.05) is 7.05 Å². The summed E-state index contributed by atoms with van der Waals surface area (Å²) in [5.41, 5.74) is 3.83. The van der Waals surface area contributed by atoms with Gasteiger partial charge in [0.05, 0.1) is 6.04 Å². The summed E-state index contributed by atoms with van der Waals surface area (Å²) in [5, 5.41) is 7.67. The summed E-state index contributed by atoms with van der Waals surface area (Å²) < 4.78 is 2.29. The van der Waals surface area contributed by atoms with Crippen LogP contribution in [-0.4, -0.2) is 7.05 Å². The van der Waals surface area contributed by atoms with Gasteiger partial charge in [-0.2, -0.15) is 11.3 Å². The van der Waals surface area contributed by atoms with Crippen molar-refractivity contribution in [2.24, 2.45) is 0 Å². The predicted octanol–water partition coefficient (Wildman–Crippen LogP) is 4.89. The smallest absolute Gasteiger partial charge is 0.0594 e. The molecule has 1 aromatic carbocycles. The van der Waals surface area contributed by atoms with E-state index >= 15 is 0 Å². The van der Waals surface area contributed by atoms with E-state index < -0.39 is 0 Å². The lowest BCUT2D eigenvalue weighted by Gasteiger charge is -2.17. The molecule has 0 aliphatic heterocycles. The number of rotatable bonds is 3. The lowest BCUT2D eigenvalue weighted by atomic mass is 10.00. The highest BCUT2D eigenvalue weighted by molar-refractivity contribution is 9.10. The molecule has 0 aliphatic rings. The molecule has 1 aromatic heterocycles. The molecule has 0 fully saturated rings. The average Bonchev–Trinajstić information content (AvgIpc) is 2.65. The van der Waals surface area contributed by atoms with Crippen molar-refractivity contribution in [1.82, 2.24) is 5.32 Å². The molecule has 0 radical (unpaired) electrons. The molecule has 0 saturated carbocycles. The van der Waals surface area contributed by atoms with Gasteiger partial charge in [-0.1, -0.05) is 22.0 Å². The van der Waals surface area contributed by atoms with E-state index in [1.807, 2.05) is 7.05 Å². The highest BCUT2D eigenvalue weighted by Gasteiger charge is 2.16. The number of nitrogens with one attached hydrogen (secondary N) is 1. The fourth-order valence-corrected chi connectivity index (χ4v) is 4.11. The Balaban J connectivity index is 2.45. The minimum absolute atomic E-state index is 0.229. The summed E-state index contributed by atoms with van der Waals surface area (Å²) in [6.07, 6.45) is 0. The van der Waals surface area contributed by atoms with E-state index in [4.69, 9.17) is 0 Å². The number of aryl methyl sites for hydroxylation is 1. The van der Waals surface area contributed by atoms with Gasteiger partial charge in [-0.05, 0) is 64.1 Å². The molecular formula is C13H13Br2NS. The zero-order chi connectivity index (χ0) is 12.4. The van der Waals surface area contributed by atoms with Crippen LogP contribution in [0.2, 0.25) is 0 Å². The summed E-state index contributed by atoms with van der Waals surface area (Å²) in [5.74, 6) is 0. The van der Waals surface area contributed by atoms with E-state index in [-0.39, 0.29) is 6.04 Å². The summed E-state index contributed by atoms with van der Waals surface area (Å²) >= 11 is 8.87. The van der Waals surface area contributed by atoms with Crippen molar-refractivity contribution in [1.29, 1.82) is 0 Å². The molecule has 1 nitrogen and oxygen atoms in total. The summed E-state index contributed by atoms with van der Waals surface area (Å²) in [6, 6.07) is 6.74. The van der Waals surface area contributed by atoms with E-state index in [2.05, 4.69) is 73.1 Å². The predicted molar refractivity (Wildman–Crippen MR) is 81.8 cm³/mol. The van der Waals surface area contributed by atoms with Crippen molar-refractivity contribution in [3.63, 3.8) is 0 Å². The second-order valence-corrected chi connectivity index (χ2v) is 6.47. The van der Waals surface area contributed by atoms with Crippen molar-refractivity contribution in [3.05, 3.63) is 54.6 Å². The van der Waals surface area contributed by atoms with E-state index in [1.54, 1.807) is 11.3 Å². The van der Waals surface area contributed by atoms with Crippen molar-refractivity contribution in [2.45, 2.75) is 13.0 Å². The molecule has 1 N–H and O–H groups in total. The Morgan fingerprint density at radius 1 is 1.18 bits per heavy atom. The molecule has 0 amide bonds. The van der Waals surface area contributed by atoms with Gasteiger partial charge in [0.15, 0.2) is 0 Å². The second kappa shape index (κ2) is 5.65. The van der Waals surface area contributed by atoms with E-state index in [0.717, 1.165) is 4.47 Å². The van der Waals surface area contributed by atoms with Crippen molar-refractivity contribution in [3.8, 4) is 0 Å². The number of hydrogen-bond donors (Lipinski definition) is 1. The van der Waals surface area contributed by atoms with Gasteiger partial charge < -0.3 is 5.32 Å². The van der Waals surface area contributed by atoms with Crippen LogP contribution in [0.4, 0.5) is 0 Å².